The Bertz CT molecular complexity index is 931. The number of rotatable bonds is 10. The Labute approximate surface area is 202 Å². The average molecular weight is 459 g/mol. The Morgan fingerprint density at radius 1 is 0.788 bits per heavy atom. The van der Waals surface area contributed by atoms with E-state index in [4.69, 9.17) is 21.7 Å². The van der Waals surface area contributed by atoms with Gasteiger partial charge in [0.2, 0.25) is 0 Å². The molecule has 0 aliphatic rings. The molecule has 0 aromatic heterocycles. The van der Waals surface area contributed by atoms with Crippen molar-refractivity contribution in [2.75, 3.05) is 13.2 Å². The summed E-state index contributed by atoms with van der Waals surface area (Å²) in [5.41, 5.74) is 2.88. The number of benzene rings is 3. The lowest BCUT2D eigenvalue weighted by molar-refractivity contribution is -0.145. The fourth-order valence-corrected chi connectivity index (χ4v) is 4.36. The van der Waals surface area contributed by atoms with Gasteiger partial charge in [0.05, 0.1) is 18.6 Å². The SMILES string of the molecule is CCOC(=O)C(C/C=C\C(c1ccccc1)(c1ccccc1)c1ccccc1)C(=S)OCC. The second-order valence-corrected chi connectivity index (χ2v) is 8.00. The standard InChI is InChI=1S/C29H30O3S/c1-3-31-27(30)26(28(33)32-4-2)21-14-22-29(23-15-8-5-9-16-23,24-17-10-6-11-18-24)25-19-12-7-13-20-25/h5-20,22,26H,3-4,21H2,1-2H3/b22-14-. The lowest BCUT2D eigenvalue weighted by atomic mass is 9.69. The average Bonchev–Trinajstić information content (AvgIpc) is 2.86. The third kappa shape index (κ3) is 5.77. The van der Waals surface area contributed by atoms with Crippen molar-refractivity contribution in [2.24, 2.45) is 5.92 Å². The summed E-state index contributed by atoms with van der Waals surface area (Å²) in [5.74, 6) is -0.985. The predicted octanol–water partition coefficient (Wildman–Crippen LogP) is 6.51. The lowest BCUT2D eigenvalue weighted by Crippen LogP contribution is -2.28. The van der Waals surface area contributed by atoms with Crippen molar-refractivity contribution in [2.45, 2.75) is 25.7 Å². The van der Waals surface area contributed by atoms with Crippen LogP contribution in [0.15, 0.2) is 103 Å². The van der Waals surface area contributed by atoms with Gasteiger partial charge in [0.15, 0.2) is 5.05 Å². The summed E-state index contributed by atoms with van der Waals surface area (Å²) in [5, 5.41) is 0.269. The van der Waals surface area contributed by atoms with Crippen LogP contribution >= 0.6 is 12.2 Å². The first-order valence-corrected chi connectivity index (χ1v) is 11.7. The van der Waals surface area contributed by atoms with E-state index in [0.29, 0.717) is 19.6 Å². The van der Waals surface area contributed by atoms with Crippen molar-refractivity contribution in [3.63, 3.8) is 0 Å². The van der Waals surface area contributed by atoms with E-state index in [-0.39, 0.29) is 11.0 Å². The molecule has 0 saturated carbocycles. The fraction of sp³-hybridized carbons (Fsp3) is 0.241. The summed E-state index contributed by atoms with van der Waals surface area (Å²) in [6, 6.07) is 31.2. The highest BCUT2D eigenvalue weighted by Crippen LogP contribution is 2.40. The van der Waals surface area contributed by atoms with Gasteiger partial charge in [-0.3, -0.25) is 4.79 Å². The van der Waals surface area contributed by atoms with Crippen LogP contribution in [0.3, 0.4) is 0 Å². The maximum Gasteiger partial charge on any atom is 0.317 e. The summed E-state index contributed by atoms with van der Waals surface area (Å²) in [4.78, 5) is 12.6. The van der Waals surface area contributed by atoms with Gasteiger partial charge in [-0.2, -0.15) is 0 Å². The predicted molar refractivity (Wildman–Crippen MR) is 137 cm³/mol. The van der Waals surface area contributed by atoms with E-state index in [2.05, 4.69) is 78.9 Å². The topological polar surface area (TPSA) is 35.5 Å². The van der Waals surface area contributed by atoms with E-state index in [1.807, 2.05) is 31.2 Å². The monoisotopic (exact) mass is 458 g/mol. The molecule has 0 spiro atoms. The number of hydrogen-bond donors (Lipinski definition) is 0. The fourth-order valence-electron chi connectivity index (χ4n) is 4.05. The molecule has 0 saturated heterocycles. The quantitative estimate of drug-likeness (QED) is 0.150. The van der Waals surface area contributed by atoms with Gasteiger partial charge >= 0.3 is 5.97 Å². The highest BCUT2D eigenvalue weighted by molar-refractivity contribution is 7.80. The van der Waals surface area contributed by atoms with Crippen molar-refractivity contribution in [3.8, 4) is 0 Å². The molecule has 0 aliphatic carbocycles. The Morgan fingerprint density at radius 2 is 1.21 bits per heavy atom. The number of carbonyl (C=O) groups excluding carboxylic acids is 1. The van der Waals surface area contributed by atoms with Gasteiger partial charge in [-0.25, -0.2) is 0 Å². The Kier molecular flexibility index (Phi) is 8.96. The first-order chi connectivity index (χ1) is 16.1. The molecule has 0 aliphatic heterocycles. The molecule has 0 radical (unpaired) electrons. The Hall–Kier alpha value is -3.24. The molecule has 0 amide bonds. The van der Waals surface area contributed by atoms with Crippen LogP contribution in [-0.2, 0) is 19.7 Å². The van der Waals surface area contributed by atoms with Gasteiger partial charge in [-0.15, -0.1) is 0 Å². The molecule has 0 fully saturated rings. The maximum absolute atomic E-state index is 12.6. The summed E-state index contributed by atoms with van der Waals surface area (Å²) < 4.78 is 10.8. The molecule has 0 N–H and O–H groups in total. The number of hydrogen-bond acceptors (Lipinski definition) is 4. The van der Waals surface area contributed by atoms with E-state index >= 15 is 0 Å². The zero-order valence-electron chi connectivity index (χ0n) is 19.1. The number of esters is 1. The number of allylic oxidation sites excluding steroid dienone is 2. The smallest absolute Gasteiger partial charge is 0.317 e. The minimum atomic E-state index is -0.629. The van der Waals surface area contributed by atoms with Gasteiger partial charge in [0.1, 0.15) is 5.92 Å². The highest BCUT2D eigenvalue weighted by atomic mass is 32.1. The van der Waals surface area contributed by atoms with Crippen molar-refractivity contribution in [3.05, 3.63) is 120 Å². The molecule has 0 heterocycles. The van der Waals surface area contributed by atoms with Crippen LogP contribution in [0, 0.1) is 5.92 Å². The molecule has 3 rings (SSSR count). The van der Waals surface area contributed by atoms with E-state index in [9.17, 15) is 4.79 Å². The molecule has 3 nitrogen and oxygen atoms in total. The van der Waals surface area contributed by atoms with Gasteiger partial charge in [0, 0.05) is 0 Å². The lowest BCUT2D eigenvalue weighted by Gasteiger charge is -2.33. The van der Waals surface area contributed by atoms with E-state index in [0.717, 1.165) is 16.7 Å². The van der Waals surface area contributed by atoms with Crippen LogP contribution in [0.1, 0.15) is 37.0 Å². The Balaban J connectivity index is 2.10. The first kappa shape index (κ1) is 24.4. The maximum atomic E-state index is 12.6. The first-order valence-electron chi connectivity index (χ1n) is 11.3. The molecule has 4 heteroatoms. The molecular weight excluding hydrogens is 428 g/mol. The van der Waals surface area contributed by atoms with Gasteiger partial charge in [-0.05, 0) is 49.2 Å². The minimum Gasteiger partial charge on any atom is -0.486 e. The van der Waals surface area contributed by atoms with E-state index < -0.39 is 11.3 Å². The zero-order valence-corrected chi connectivity index (χ0v) is 20.0. The van der Waals surface area contributed by atoms with Crippen LogP contribution < -0.4 is 0 Å². The van der Waals surface area contributed by atoms with Crippen LogP contribution in [0.4, 0.5) is 0 Å². The Morgan fingerprint density at radius 3 is 1.61 bits per heavy atom. The highest BCUT2D eigenvalue weighted by Gasteiger charge is 2.34. The summed E-state index contributed by atoms with van der Waals surface area (Å²) >= 11 is 5.40. The molecule has 33 heavy (non-hydrogen) atoms. The third-order valence-electron chi connectivity index (χ3n) is 5.57. The van der Waals surface area contributed by atoms with Crippen molar-refractivity contribution in [1.29, 1.82) is 0 Å². The molecule has 1 atom stereocenters. The molecular formula is C29H30O3S. The second kappa shape index (κ2) is 12.1. The summed E-state index contributed by atoms with van der Waals surface area (Å²) in [6.45, 7) is 4.37. The normalized spacial score (nSPS) is 12.3. The van der Waals surface area contributed by atoms with Gasteiger partial charge < -0.3 is 9.47 Å². The molecule has 170 valence electrons. The van der Waals surface area contributed by atoms with Crippen LogP contribution in [0.25, 0.3) is 0 Å². The third-order valence-corrected chi connectivity index (χ3v) is 5.97. The molecule has 1 unspecified atom stereocenters. The van der Waals surface area contributed by atoms with Crippen molar-refractivity contribution in [1.82, 2.24) is 0 Å². The largest absolute Gasteiger partial charge is 0.486 e. The van der Waals surface area contributed by atoms with Gasteiger partial charge in [0.25, 0.3) is 0 Å². The molecule has 3 aromatic rings. The van der Waals surface area contributed by atoms with Crippen molar-refractivity contribution >= 4 is 23.2 Å². The van der Waals surface area contributed by atoms with E-state index in [1.54, 1.807) is 6.92 Å². The van der Waals surface area contributed by atoms with Crippen LogP contribution in [-0.4, -0.2) is 24.2 Å². The number of carbonyl (C=O) groups is 1. The molecule has 0 bridgehead atoms. The number of thiocarbonyl (C=S) groups is 1. The molecule has 3 aromatic carbocycles. The van der Waals surface area contributed by atoms with Crippen LogP contribution in [0.5, 0.6) is 0 Å². The van der Waals surface area contributed by atoms with Crippen LogP contribution in [0.2, 0.25) is 0 Å². The summed E-state index contributed by atoms with van der Waals surface area (Å²) in [7, 11) is 0. The van der Waals surface area contributed by atoms with E-state index in [1.165, 1.54) is 0 Å². The zero-order chi connectivity index (χ0) is 23.5. The van der Waals surface area contributed by atoms with Gasteiger partial charge in [-0.1, -0.05) is 103 Å². The minimum absolute atomic E-state index is 0.269. The number of ether oxygens (including phenoxy) is 2. The van der Waals surface area contributed by atoms with Crippen molar-refractivity contribution < 1.29 is 14.3 Å². The second-order valence-electron chi connectivity index (χ2n) is 7.60. The summed E-state index contributed by atoms with van der Waals surface area (Å²) in [6.07, 6.45) is 4.60.